The summed E-state index contributed by atoms with van der Waals surface area (Å²) in [5.74, 6) is 0.576. The molecule has 1 fully saturated rings. The molecule has 1 amide bonds. The zero-order valence-corrected chi connectivity index (χ0v) is 11.1. The van der Waals surface area contributed by atoms with Gasteiger partial charge in [0.05, 0.1) is 0 Å². The number of amides is 1. The molecule has 102 valence electrons. The van der Waals surface area contributed by atoms with Gasteiger partial charge in [-0.15, -0.1) is 0 Å². The molecule has 0 unspecified atom stereocenters. The van der Waals surface area contributed by atoms with Gasteiger partial charge in [0.15, 0.2) is 6.23 Å². The van der Waals surface area contributed by atoms with Crippen LogP contribution in [-0.4, -0.2) is 25.3 Å². The van der Waals surface area contributed by atoms with Crippen LogP contribution in [0.15, 0.2) is 60.7 Å². The lowest BCUT2D eigenvalue weighted by Crippen LogP contribution is -2.68. The number of ether oxygens (including phenoxy) is 2. The van der Waals surface area contributed by atoms with E-state index >= 15 is 0 Å². The van der Waals surface area contributed by atoms with Crippen molar-refractivity contribution in [1.29, 1.82) is 0 Å². The number of methoxy groups -OCH3 is 1. The van der Waals surface area contributed by atoms with Crippen molar-refractivity contribution in [3.05, 3.63) is 60.7 Å². The summed E-state index contributed by atoms with van der Waals surface area (Å²) in [6.45, 7) is 0. The number of para-hydroxylation sites is 2. The Morgan fingerprint density at radius 2 is 1.55 bits per heavy atom. The van der Waals surface area contributed by atoms with Crippen molar-refractivity contribution >= 4 is 11.6 Å². The van der Waals surface area contributed by atoms with Crippen molar-refractivity contribution in [3.63, 3.8) is 0 Å². The van der Waals surface area contributed by atoms with Gasteiger partial charge < -0.3 is 9.47 Å². The van der Waals surface area contributed by atoms with Gasteiger partial charge in [0.2, 0.25) is 6.10 Å². The number of nitrogens with zero attached hydrogens (tertiary/aromatic N) is 1. The smallest absolute Gasteiger partial charge is 0.275 e. The monoisotopic (exact) mass is 269 g/mol. The molecule has 3 rings (SSSR count). The van der Waals surface area contributed by atoms with Crippen molar-refractivity contribution < 1.29 is 14.3 Å². The molecule has 0 bridgehead atoms. The van der Waals surface area contributed by atoms with E-state index in [0.717, 1.165) is 5.69 Å². The first-order valence-corrected chi connectivity index (χ1v) is 6.44. The summed E-state index contributed by atoms with van der Waals surface area (Å²) in [7, 11) is 1.58. The second-order valence-electron chi connectivity index (χ2n) is 4.52. The number of carbonyl (C=O) groups is 1. The normalized spacial score (nSPS) is 21.4. The highest BCUT2D eigenvalue weighted by Crippen LogP contribution is 2.31. The molecule has 1 saturated heterocycles. The third-order valence-electron chi connectivity index (χ3n) is 3.28. The van der Waals surface area contributed by atoms with Crippen LogP contribution < -0.4 is 9.64 Å². The van der Waals surface area contributed by atoms with Gasteiger partial charge in [0, 0.05) is 12.8 Å². The van der Waals surface area contributed by atoms with Gasteiger partial charge in [-0.25, -0.2) is 0 Å². The van der Waals surface area contributed by atoms with E-state index in [4.69, 9.17) is 9.47 Å². The van der Waals surface area contributed by atoms with Crippen molar-refractivity contribution in [2.45, 2.75) is 12.3 Å². The van der Waals surface area contributed by atoms with Gasteiger partial charge >= 0.3 is 0 Å². The summed E-state index contributed by atoms with van der Waals surface area (Å²) < 4.78 is 11.1. The lowest BCUT2D eigenvalue weighted by atomic mass is 10.1. The van der Waals surface area contributed by atoms with Crippen molar-refractivity contribution in [2.24, 2.45) is 0 Å². The van der Waals surface area contributed by atoms with E-state index in [0.29, 0.717) is 5.75 Å². The van der Waals surface area contributed by atoms with Crippen LogP contribution in [0.3, 0.4) is 0 Å². The average molecular weight is 269 g/mol. The number of rotatable bonds is 4. The number of anilines is 1. The van der Waals surface area contributed by atoms with Crippen LogP contribution in [0, 0.1) is 0 Å². The summed E-state index contributed by atoms with van der Waals surface area (Å²) in [6.07, 6.45) is -0.993. The maximum absolute atomic E-state index is 12.3. The minimum atomic E-state index is -0.595. The third-order valence-corrected chi connectivity index (χ3v) is 3.28. The molecule has 4 nitrogen and oxygen atoms in total. The Morgan fingerprint density at radius 3 is 2.15 bits per heavy atom. The predicted octanol–water partition coefficient (Wildman–Crippen LogP) is 2.45. The summed E-state index contributed by atoms with van der Waals surface area (Å²) in [6, 6.07) is 18.7. The van der Waals surface area contributed by atoms with Gasteiger partial charge in [-0.3, -0.25) is 9.69 Å². The number of hydrogen-bond donors (Lipinski definition) is 0. The second kappa shape index (κ2) is 5.35. The zero-order valence-electron chi connectivity index (χ0n) is 11.1. The number of carbonyl (C=O) groups excluding carboxylic acids is 1. The Morgan fingerprint density at radius 1 is 0.950 bits per heavy atom. The molecule has 0 radical (unpaired) electrons. The Balaban J connectivity index is 1.77. The molecule has 1 aliphatic heterocycles. The Bertz CT molecular complexity index is 585. The average Bonchev–Trinajstić information content (AvgIpc) is 2.51. The quantitative estimate of drug-likeness (QED) is 0.800. The van der Waals surface area contributed by atoms with Crippen molar-refractivity contribution in [3.8, 4) is 5.75 Å². The maximum Gasteiger partial charge on any atom is 0.275 e. The largest absolute Gasteiger partial charge is 0.476 e. The first-order chi connectivity index (χ1) is 9.81. The first kappa shape index (κ1) is 12.7. The topological polar surface area (TPSA) is 38.8 Å². The molecule has 0 aliphatic carbocycles. The molecule has 20 heavy (non-hydrogen) atoms. The molecule has 4 heteroatoms. The molecule has 2 atom stereocenters. The van der Waals surface area contributed by atoms with E-state index in [1.165, 1.54) is 0 Å². The molecule has 0 saturated carbocycles. The summed E-state index contributed by atoms with van der Waals surface area (Å²) in [5.41, 5.74) is 0.817. The van der Waals surface area contributed by atoms with Gasteiger partial charge in [0.25, 0.3) is 5.91 Å². The molecule has 0 N–H and O–H groups in total. The van der Waals surface area contributed by atoms with Gasteiger partial charge in [-0.1, -0.05) is 36.4 Å². The molecule has 0 aromatic heterocycles. The molecule has 1 heterocycles. The van der Waals surface area contributed by atoms with Gasteiger partial charge in [-0.05, 0) is 24.3 Å². The van der Waals surface area contributed by atoms with E-state index in [1.807, 2.05) is 60.7 Å². The fourth-order valence-corrected chi connectivity index (χ4v) is 2.28. The third kappa shape index (κ3) is 2.14. The van der Waals surface area contributed by atoms with Crippen LogP contribution in [0.5, 0.6) is 5.75 Å². The lowest BCUT2D eigenvalue weighted by molar-refractivity contribution is -0.148. The Labute approximate surface area is 117 Å². The van der Waals surface area contributed by atoms with Crippen molar-refractivity contribution in [1.82, 2.24) is 0 Å². The van der Waals surface area contributed by atoms with Crippen LogP contribution in [0.2, 0.25) is 0 Å². The van der Waals surface area contributed by atoms with E-state index in [-0.39, 0.29) is 5.91 Å². The maximum atomic E-state index is 12.3. The van der Waals surface area contributed by atoms with Crippen LogP contribution in [-0.2, 0) is 9.53 Å². The minimum Gasteiger partial charge on any atom is -0.476 e. The molecular formula is C16H15NO3. The van der Waals surface area contributed by atoms with E-state index < -0.39 is 12.3 Å². The van der Waals surface area contributed by atoms with Crippen molar-refractivity contribution in [2.75, 3.05) is 12.0 Å². The number of hydrogen-bond acceptors (Lipinski definition) is 3. The molecular weight excluding hydrogens is 254 g/mol. The van der Waals surface area contributed by atoms with E-state index in [1.54, 1.807) is 12.0 Å². The highest BCUT2D eigenvalue weighted by molar-refractivity contribution is 6.04. The number of β-lactam (4-membered cyclic amide) rings is 1. The Hall–Kier alpha value is -2.33. The SMILES string of the molecule is CO[C@@H]1[C@@H](Oc2ccccc2)C(=O)N1c1ccccc1. The molecule has 0 spiro atoms. The van der Waals surface area contributed by atoms with Crippen LogP contribution in [0.25, 0.3) is 0 Å². The van der Waals surface area contributed by atoms with Gasteiger partial charge in [-0.2, -0.15) is 0 Å². The summed E-state index contributed by atoms with van der Waals surface area (Å²) in [4.78, 5) is 13.9. The van der Waals surface area contributed by atoms with Crippen LogP contribution in [0.4, 0.5) is 5.69 Å². The molecule has 2 aromatic rings. The Kier molecular flexibility index (Phi) is 3.39. The molecule has 2 aromatic carbocycles. The highest BCUT2D eigenvalue weighted by atomic mass is 16.6. The fourth-order valence-electron chi connectivity index (χ4n) is 2.28. The standard InChI is InChI=1S/C16H15NO3/c1-19-16-14(20-13-10-6-3-7-11-13)15(18)17(16)12-8-4-2-5-9-12/h2-11,14,16H,1H3/t14-,16+/m0/s1. The van der Waals surface area contributed by atoms with Gasteiger partial charge in [0.1, 0.15) is 5.75 Å². The summed E-state index contributed by atoms with van der Waals surface area (Å²) >= 11 is 0. The number of benzene rings is 2. The second-order valence-corrected chi connectivity index (χ2v) is 4.52. The van der Waals surface area contributed by atoms with E-state index in [2.05, 4.69) is 0 Å². The van der Waals surface area contributed by atoms with E-state index in [9.17, 15) is 4.79 Å². The first-order valence-electron chi connectivity index (χ1n) is 6.44. The lowest BCUT2D eigenvalue weighted by Gasteiger charge is -2.45. The minimum absolute atomic E-state index is 0.0908. The zero-order chi connectivity index (χ0) is 13.9. The predicted molar refractivity (Wildman–Crippen MR) is 75.6 cm³/mol. The summed E-state index contributed by atoms with van der Waals surface area (Å²) in [5, 5.41) is 0. The highest BCUT2D eigenvalue weighted by Gasteiger charge is 2.50. The molecule has 1 aliphatic rings. The van der Waals surface area contributed by atoms with Crippen LogP contribution in [0.1, 0.15) is 0 Å². The van der Waals surface area contributed by atoms with Crippen LogP contribution >= 0.6 is 0 Å². The fraction of sp³-hybridized carbons (Fsp3) is 0.188.